The molecule has 0 heterocycles. The fourth-order valence-corrected chi connectivity index (χ4v) is 3.82. The molecule has 1 aliphatic rings. The van der Waals surface area contributed by atoms with E-state index in [9.17, 15) is 0 Å². The zero-order chi connectivity index (χ0) is 15.2. The summed E-state index contributed by atoms with van der Waals surface area (Å²) < 4.78 is 0. The predicted octanol–water partition coefficient (Wildman–Crippen LogP) is -1.19. The molecule has 0 radical (unpaired) electrons. The molecule has 1 aliphatic carbocycles. The molecule has 0 bridgehead atoms. The Morgan fingerprint density at radius 1 is 0.960 bits per heavy atom. The minimum atomic E-state index is 0. The zero-order valence-electron chi connectivity index (χ0n) is 14.0. The van der Waals surface area contributed by atoms with Gasteiger partial charge in [-0.15, -0.1) is 60.9 Å². The molecule has 0 amide bonds. The predicted molar refractivity (Wildman–Crippen MR) is 99.9 cm³/mol. The van der Waals surface area contributed by atoms with E-state index in [1.807, 2.05) is 12.2 Å². The first-order valence-electron chi connectivity index (χ1n) is 7.53. The molecule has 0 nitrogen and oxygen atoms in total. The summed E-state index contributed by atoms with van der Waals surface area (Å²) in [6.07, 6.45) is 10.0. The van der Waals surface area contributed by atoms with E-state index in [0.29, 0.717) is 0 Å². The van der Waals surface area contributed by atoms with Crippen LogP contribution in [0.15, 0.2) is 78.9 Å². The Kier molecular flexibility index (Phi) is 11.5. The first-order valence-corrected chi connectivity index (χ1v) is 8.53. The van der Waals surface area contributed by atoms with Crippen LogP contribution in [-0.4, -0.2) is 0 Å². The molecule has 3 aromatic carbocycles. The van der Waals surface area contributed by atoms with E-state index in [1.54, 1.807) is 0 Å². The molecule has 0 aliphatic heterocycles. The Balaban J connectivity index is 0.000000630. The van der Waals surface area contributed by atoms with E-state index in [2.05, 4.69) is 79.7 Å². The van der Waals surface area contributed by atoms with Crippen molar-refractivity contribution < 1.29 is 35.3 Å². The number of hydrogen-bond donors (Lipinski definition) is 0. The van der Waals surface area contributed by atoms with Crippen LogP contribution in [-0.2, 0) is 25.8 Å². The number of rotatable bonds is 2. The summed E-state index contributed by atoms with van der Waals surface area (Å²) >= 11 is 0. The Morgan fingerprint density at radius 2 is 1.64 bits per heavy atom. The van der Waals surface area contributed by atoms with E-state index >= 15 is 0 Å². The van der Waals surface area contributed by atoms with Crippen LogP contribution >= 0.6 is 8.58 Å². The largest absolute Gasteiger partial charge is 4.00 e. The van der Waals surface area contributed by atoms with Crippen molar-refractivity contribution in [3.05, 3.63) is 90.5 Å². The molecule has 0 N–H and O–H groups in total. The fourth-order valence-electron chi connectivity index (χ4n) is 2.54. The molecule has 0 fully saturated rings. The van der Waals surface area contributed by atoms with Gasteiger partial charge >= 0.3 is 25.8 Å². The monoisotopic (exact) mass is 520 g/mol. The molecular formula is C21H19F2HfP. The van der Waals surface area contributed by atoms with Gasteiger partial charge in [0.2, 0.25) is 0 Å². The van der Waals surface area contributed by atoms with Crippen molar-refractivity contribution in [1.29, 1.82) is 0 Å². The number of halogens is 2. The molecule has 4 heteroatoms. The Hall–Kier alpha value is -1.31. The van der Waals surface area contributed by atoms with Crippen LogP contribution in [0.5, 0.6) is 0 Å². The standard InChI is InChI=1S/C16H14P.C5H5.2FH.Hf/c1-12-11-13-7-5-6-10-15(13)16(12)17-14-8-3-2-4-9-14;1-2-4-5-3-1;;;/h2-11,17H,1H3;1-3H,4H2;2*1H;/q2*-1;;;+4/p-2. The zero-order valence-corrected chi connectivity index (χ0v) is 18.6. The van der Waals surface area contributed by atoms with E-state index in [4.69, 9.17) is 0 Å². The van der Waals surface area contributed by atoms with E-state index in [0.717, 1.165) is 15.0 Å². The van der Waals surface area contributed by atoms with Crippen LogP contribution in [0.1, 0.15) is 12.0 Å². The number of aryl methyl sites for hydroxylation is 1. The van der Waals surface area contributed by atoms with E-state index in [1.165, 1.54) is 26.9 Å². The molecule has 1 atom stereocenters. The topological polar surface area (TPSA) is 0 Å². The summed E-state index contributed by atoms with van der Waals surface area (Å²) in [4.78, 5) is 0. The summed E-state index contributed by atoms with van der Waals surface area (Å²) in [6.45, 7) is 2.21. The Bertz CT molecular complexity index is 797. The van der Waals surface area contributed by atoms with Crippen molar-refractivity contribution in [2.24, 2.45) is 0 Å². The Labute approximate surface area is 168 Å². The third-order valence-electron chi connectivity index (χ3n) is 3.63. The molecule has 126 valence electrons. The van der Waals surface area contributed by atoms with Gasteiger partial charge in [-0.05, 0) is 5.30 Å². The van der Waals surface area contributed by atoms with Crippen molar-refractivity contribution in [1.82, 2.24) is 0 Å². The number of hydrogen-bond acceptors (Lipinski definition) is 0. The summed E-state index contributed by atoms with van der Waals surface area (Å²) in [7, 11) is 0.754. The van der Waals surface area contributed by atoms with Crippen molar-refractivity contribution >= 4 is 30.0 Å². The molecule has 1 unspecified atom stereocenters. The summed E-state index contributed by atoms with van der Waals surface area (Å²) in [6, 6.07) is 21.7. The van der Waals surface area contributed by atoms with Gasteiger partial charge in [0, 0.05) is 0 Å². The number of fused-ring (bicyclic) bond motifs is 1. The molecule has 0 spiro atoms. The summed E-state index contributed by atoms with van der Waals surface area (Å²) in [5.74, 6) is 0. The number of benzene rings is 2. The molecule has 4 rings (SSSR count). The maximum atomic E-state index is 2.99. The van der Waals surface area contributed by atoms with Crippen LogP contribution in [0.4, 0.5) is 0 Å². The van der Waals surface area contributed by atoms with Crippen molar-refractivity contribution in [3.8, 4) is 0 Å². The van der Waals surface area contributed by atoms with Crippen LogP contribution in [0, 0.1) is 13.0 Å². The van der Waals surface area contributed by atoms with E-state index < -0.39 is 0 Å². The van der Waals surface area contributed by atoms with Crippen molar-refractivity contribution in [2.75, 3.05) is 0 Å². The van der Waals surface area contributed by atoms with Crippen LogP contribution in [0.2, 0.25) is 0 Å². The second kappa shape index (κ2) is 12.1. The van der Waals surface area contributed by atoms with Gasteiger partial charge in [0.05, 0.1) is 0 Å². The third-order valence-corrected chi connectivity index (χ3v) is 5.16. The minimum Gasteiger partial charge on any atom is -1.00 e. The van der Waals surface area contributed by atoms with Gasteiger partial charge in [0.25, 0.3) is 0 Å². The minimum absolute atomic E-state index is 0. The van der Waals surface area contributed by atoms with Gasteiger partial charge in [-0.25, -0.2) is 12.2 Å². The normalized spacial score (nSPS) is 11.4. The summed E-state index contributed by atoms with van der Waals surface area (Å²) in [5, 5.41) is 5.68. The van der Waals surface area contributed by atoms with Gasteiger partial charge in [0.1, 0.15) is 0 Å². The molecule has 0 saturated carbocycles. The van der Waals surface area contributed by atoms with Crippen LogP contribution in [0.25, 0.3) is 10.8 Å². The molecule has 25 heavy (non-hydrogen) atoms. The smallest absolute Gasteiger partial charge is 1.00 e. The first-order chi connectivity index (χ1) is 10.8. The van der Waals surface area contributed by atoms with E-state index in [-0.39, 0.29) is 35.3 Å². The fraction of sp³-hybridized carbons (Fsp3) is 0.0952. The summed E-state index contributed by atoms with van der Waals surface area (Å²) in [5.41, 5.74) is 1.41. The maximum absolute atomic E-state index is 2.99. The quantitative estimate of drug-likeness (QED) is 0.227. The van der Waals surface area contributed by atoms with Crippen molar-refractivity contribution in [3.63, 3.8) is 0 Å². The molecule has 0 saturated heterocycles. The van der Waals surface area contributed by atoms with Gasteiger partial charge in [0.15, 0.2) is 0 Å². The average molecular weight is 519 g/mol. The average Bonchev–Trinajstić information content (AvgIpc) is 3.22. The number of allylic oxidation sites excluding steroid dienone is 4. The van der Waals surface area contributed by atoms with Crippen molar-refractivity contribution in [2.45, 2.75) is 13.3 Å². The third kappa shape index (κ3) is 6.49. The van der Waals surface area contributed by atoms with Crippen LogP contribution < -0.4 is 20.0 Å². The van der Waals surface area contributed by atoms with Gasteiger partial charge in [-0.1, -0.05) is 43.3 Å². The maximum Gasteiger partial charge on any atom is 4.00 e. The SMILES string of the molecule is Cc1[cH-]c2ccccc2c1Pc1ccccc1.[C-]1=CC=CC1.[F-].[F-].[Hf+4]. The molecular weight excluding hydrogens is 500 g/mol. The second-order valence-electron chi connectivity index (χ2n) is 5.28. The Morgan fingerprint density at radius 3 is 2.24 bits per heavy atom. The molecule has 3 aromatic rings. The van der Waals surface area contributed by atoms with Gasteiger partial charge in [-0.2, -0.15) is 6.08 Å². The second-order valence-corrected chi connectivity index (χ2v) is 6.61. The van der Waals surface area contributed by atoms with Gasteiger partial charge in [-0.3, -0.25) is 6.08 Å². The first kappa shape index (κ1) is 23.7. The van der Waals surface area contributed by atoms with Crippen LogP contribution in [0.3, 0.4) is 0 Å². The van der Waals surface area contributed by atoms with Gasteiger partial charge < -0.3 is 9.41 Å². The molecule has 0 aromatic heterocycles.